The molecule has 0 saturated carbocycles. The van der Waals surface area contributed by atoms with Gasteiger partial charge in [-0.2, -0.15) is 4.98 Å². The van der Waals surface area contributed by atoms with Gasteiger partial charge in [0.15, 0.2) is 5.82 Å². The number of nitrogens with one attached hydrogen (secondary N) is 1. The van der Waals surface area contributed by atoms with Gasteiger partial charge < -0.3 is 24.9 Å². The number of methoxy groups -OCH3 is 1. The Kier molecular flexibility index (Phi) is 4.66. The monoisotopic (exact) mass is 330 g/mol. The summed E-state index contributed by atoms with van der Waals surface area (Å²) in [6.07, 6.45) is 1.95. The second kappa shape index (κ2) is 6.88. The molecule has 3 aromatic rings. The first-order chi connectivity index (χ1) is 11.6. The number of anilines is 2. The van der Waals surface area contributed by atoms with Crippen LogP contribution < -0.4 is 11.1 Å². The average Bonchev–Trinajstić information content (AvgIpc) is 3.17. The largest absolute Gasteiger partial charge is 0.383 e. The number of nitrogens with two attached hydrogens (primary N) is 1. The third-order valence-corrected chi connectivity index (χ3v) is 3.75. The maximum absolute atomic E-state index is 5.82. The first kappa shape index (κ1) is 16.3. The molecule has 0 bridgehead atoms. The first-order valence-electron chi connectivity index (χ1n) is 7.89. The molecule has 0 fully saturated rings. The molecule has 8 heteroatoms. The van der Waals surface area contributed by atoms with Crippen molar-refractivity contribution in [2.45, 2.75) is 32.9 Å². The third kappa shape index (κ3) is 3.33. The van der Waals surface area contributed by atoms with Crippen LogP contribution in [0.3, 0.4) is 0 Å². The van der Waals surface area contributed by atoms with Crippen molar-refractivity contribution in [3.8, 4) is 0 Å². The van der Waals surface area contributed by atoms with Crippen molar-refractivity contribution in [3.05, 3.63) is 29.8 Å². The van der Waals surface area contributed by atoms with Gasteiger partial charge in [-0.25, -0.2) is 4.98 Å². The molecular formula is C16H22N6O2. The van der Waals surface area contributed by atoms with Gasteiger partial charge >= 0.3 is 0 Å². The van der Waals surface area contributed by atoms with Gasteiger partial charge in [-0.15, -0.1) is 0 Å². The van der Waals surface area contributed by atoms with Crippen LogP contribution in [0.5, 0.6) is 0 Å². The minimum atomic E-state index is 0.234. The van der Waals surface area contributed by atoms with Crippen LogP contribution in [0.15, 0.2) is 22.9 Å². The van der Waals surface area contributed by atoms with E-state index in [-0.39, 0.29) is 5.95 Å². The maximum Gasteiger partial charge on any atom is 0.222 e. The fourth-order valence-corrected chi connectivity index (χ4v) is 2.48. The summed E-state index contributed by atoms with van der Waals surface area (Å²) in [4.78, 5) is 8.61. The molecule has 0 radical (unpaired) electrons. The summed E-state index contributed by atoms with van der Waals surface area (Å²) in [5.41, 5.74) is 8.33. The van der Waals surface area contributed by atoms with Crippen LogP contribution in [0, 0.1) is 0 Å². The number of rotatable bonds is 7. The van der Waals surface area contributed by atoms with Crippen molar-refractivity contribution in [1.29, 1.82) is 0 Å². The highest BCUT2D eigenvalue weighted by atomic mass is 16.5. The smallest absolute Gasteiger partial charge is 0.222 e. The maximum atomic E-state index is 5.82. The van der Waals surface area contributed by atoms with Crippen LogP contribution in [0.25, 0.3) is 11.0 Å². The molecule has 3 rings (SSSR count). The quantitative estimate of drug-likeness (QED) is 0.685. The average molecular weight is 330 g/mol. The zero-order chi connectivity index (χ0) is 17.1. The molecule has 0 saturated heterocycles. The molecule has 8 nitrogen and oxygen atoms in total. The van der Waals surface area contributed by atoms with Gasteiger partial charge in [0.05, 0.1) is 18.7 Å². The SMILES string of the molecule is COCCn1ccc2nc(N)nc(NCc3cc(C(C)C)on3)c21. The van der Waals surface area contributed by atoms with E-state index in [1.54, 1.807) is 7.11 Å². The Morgan fingerprint density at radius 2 is 2.21 bits per heavy atom. The highest BCUT2D eigenvalue weighted by Gasteiger charge is 2.13. The van der Waals surface area contributed by atoms with Crippen LogP contribution in [0.4, 0.5) is 11.8 Å². The van der Waals surface area contributed by atoms with E-state index in [4.69, 9.17) is 15.0 Å². The summed E-state index contributed by atoms with van der Waals surface area (Å²) in [6, 6.07) is 3.87. The Bertz CT molecular complexity index is 823. The number of hydrogen-bond acceptors (Lipinski definition) is 7. The second-order valence-corrected chi connectivity index (χ2v) is 5.90. The van der Waals surface area contributed by atoms with Crippen LogP contribution in [-0.4, -0.2) is 33.4 Å². The molecule has 0 aromatic carbocycles. The summed E-state index contributed by atoms with van der Waals surface area (Å²) >= 11 is 0. The topological polar surface area (TPSA) is 104 Å². The van der Waals surface area contributed by atoms with Gasteiger partial charge in [0.2, 0.25) is 5.95 Å². The molecule has 3 heterocycles. The highest BCUT2D eigenvalue weighted by molar-refractivity contribution is 5.87. The van der Waals surface area contributed by atoms with Gasteiger partial charge in [-0.3, -0.25) is 0 Å². The first-order valence-corrected chi connectivity index (χ1v) is 7.89. The lowest BCUT2D eigenvalue weighted by atomic mass is 10.1. The molecule has 0 aliphatic carbocycles. The lowest BCUT2D eigenvalue weighted by Crippen LogP contribution is -2.09. The molecule has 3 N–H and O–H groups in total. The summed E-state index contributed by atoms with van der Waals surface area (Å²) in [5.74, 6) is 2.08. The Morgan fingerprint density at radius 3 is 2.92 bits per heavy atom. The number of aromatic nitrogens is 4. The number of hydrogen-bond donors (Lipinski definition) is 2. The van der Waals surface area contributed by atoms with Crippen molar-refractivity contribution in [3.63, 3.8) is 0 Å². The van der Waals surface area contributed by atoms with Crippen LogP contribution >= 0.6 is 0 Å². The van der Waals surface area contributed by atoms with E-state index in [9.17, 15) is 0 Å². The summed E-state index contributed by atoms with van der Waals surface area (Å²) in [7, 11) is 1.68. The Labute approximate surface area is 140 Å². The number of fused-ring (bicyclic) bond motifs is 1. The van der Waals surface area contributed by atoms with Crippen molar-refractivity contribution < 1.29 is 9.26 Å². The van der Waals surface area contributed by atoms with Gasteiger partial charge in [-0.05, 0) is 6.07 Å². The Hall–Kier alpha value is -2.61. The van der Waals surface area contributed by atoms with Crippen molar-refractivity contribution in [2.75, 3.05) is 24.8 Å². The molecule has 0 atom stereocenters. The normalized spacial score (nSPS) is 11.5. The molecule has 0 amide bonds. The molecule has 128 valence electrons. The molecule has 24 heavy (non-hydrogen) atoms. The number of ether oxygens (including phenoxy) is 1. The van der Waals surface area contributed by atoms with Gasteiger partial charge in [0.1, 0.15) is 17.0 Å². The summed E-state index contributed by atoms with van der Waals surface area (Å²) in [6.45, 7) is 5.94. The van der Waals surface area contributed by atoms with Crippen molar-refractivity contribution in [2.24, 2.45) is 0 Å². The second-order valence-electron chi connectivity index (χ2n) is 5.90. The van der Waals surface area contributed by atoms with E-state index >= 15 is 0 Å². The Balaban J connectivity index is 1.85. The predicted molar refractivity (Wildman–Crippen MR) is 91.7 cm³/mol. The zero-order valence-electron chi connectivity index (χ0n) is 14.1. The van der Waals surface area contributed by atoms with Crippen molar-refractivity contribution in [1.82, 2.24) is 19.7 Å². The fraction of sp³-hybridized carbons (Fsp3) is 0.438. The van der Waals surface area contributed by atoms with E-state index in [1.165, 1.54) is 0 Å². The van der Waals surface area contributed by atoms with Crippen LogP contribution in [0.1, 0.15) is 31.2 Å². The number of nitrogen functional groups attached to an aromatic ring is 1. The lowest BCUT2D eigenvalue weighted by Gasteiger charge is -2.10. The van der Waals surface area contributed by atoms with Crippen molar-refractivity contribution >= 4 is 22.8 Å². The molecule has 0 aliphatic rings. The minimum absolute atomic E-state index is 0.234. The third-order valence-electron chi connectivity index (χ3n) is 3.75. The van der Waals surface area contributed by atoms with Crippen LogP contribution in [0.2, 0.25) is 0 Å². The molecule has 0 aliphatic heterocycles. The van der Waals surface area contributed by atoms with Crippen LogP contribution in [-0.2, 0) is 17.8 Å². The van der Waals surface area contributed by atoms with E-state index in [0.717, 1.165) is 22.5 Å². The number of nitrogens with zero attached hydrogens (tertiary/aromatic N) is 4. The minimum Gasteiger partial charge on any atom is -0.383 e. The van der Waals surface area contributed by atoms with Gasteiger partial charge in [0, 0.05) is 31.8 Å². The lowest BCUT2D eigenvalue weighted by molar-refractivity contribution is 0.188. The fourth-order valence-electron chi connectivity index (χ4n) is 2.48. The Morgan fingerprint density at radius 1 is 1.38 bits per heavy atom. The molecule has 0 spiro atoms. The van der Waals surface area contributed by atoms with E-state index in [2.05, 4.69) is 34.3 Å². The predicted octanol–water partition coefficient (Wildman–Crippen LogP) is 2.38. The molecule has 3 aromatic heterocycles. The standard InChI is InChI=1S/C16H22N6O2/c1-10(2)13-8-11(21-24-13)9-18-15-14-12(19-16(17)20-15)4-5-22(14)6-7-23-3/h4-5,8,10H,6-7,9H2,1-3H3,(H3,17,18,19,20). The highest BCUT2D eigenvalue weighted by Crippen LogP contribution is 2.23. The molecule has 0 unspecified atom stereocenters. The van der Waals surface area contributed by atoms with E-state index in [0.29, 0.717) is 31.4 Å². The summed E-state index contributed by atoms with van der Waals surface area (Å²) in [5, 5.41) is 7.36. The molecular weight excluding hydrogens is 308 g/mol. The summed E-state index contributed by atoms with van der Waals surface area (Å²) < 4.78 is 12.5. The van der Waals surface area contributed by atoms with E-state index < -0.39 is 0 Å². The van der Waals surface area contributed by atoms with E-state index in [1.807, 2.05) is 22.9 Å². The zero-order valence-corrected chi connectivity index (χ0v) is 14.1. The van der Waals surface area contributed by atoms with Gasteiger partial charge in [-0.1, -0.05) is 19.0 Å². The van der Waals surface area contributed by atoms with Gasteiger partial charge in [0.25, 0.3) is 0 Å².